The van der Waals surface area contributed by atoms with Crippen LogP contribution in [0.25, 0.3) is 11.1 Å². The van der Waals surface area contributed by atoms with E-state index in [4.69, 9.17) is 5.73 Å². The Morgan fingerprint density at radius 2 is 1.80 bits per heavy atom. The molecular formula is C20H24ClFN2O. The lowest BCUT2D eigenvalue weighted by atomic mass is 9.99. The number of halogens is 2. The molecule has 0 bridgehead atoms. The summed E-state index contributed by atoms with van der Waals surface area (Å²) in [7, 11) is 0. The van der Waals surface area contributed by atoms with Crippen LogP contribution in [0.4, 0.5) is 4.39 Å². The van der Waals surface area contributed by atoms with Crippen LogP contribution < -0.4 is 11.1 Å². The minimum atomic E-state index is -0.511. The van der Waals surface area contributed by atoms with E-state index in [9.17, 15) is 9.18 Å². The van der Waals surface area contributed by atoms with E-state index in [1.54, 1.807) is 6.07 Å². The lowest BCUT2D eigenvalue weighted by Gasteiger charge is -2.12. The first kappa shape index (κ1) is 19.4. The molecule has 0 heterocycles. The van der Waals surface area contributed by atoms with Crippen molar-refractivity contribution in [3.63, 3.8) is 0 Å². The van der Waals surface area contributed by atoms with Gasteiger partial charge in [-0.2, -0.15) is 0 Å². The van der Waals surface area contributed by atoms with Crippen LogP contribution in [0.5, 0.6) is 0 Å². The molecule has 3 N–H and O–H groups in total. The van der Waals surface area contributed by atoms with E-state index < -0.39 is 11.7 Å². The molecule has 1 aliphatic rings. The van der Waals surface area contributed by atoms with E-state index in [2.05, 4.69) is 5.32 Å². The van der Waals surface area contributed by atoms with Crippen LogP contribution >= 0.6 is 12.4 Å². The number of nitrogens with two attached hydrogens (primary N) is 1. The maximum Gasteiger partial charge on any atom is 0.254 e. The van der Waals surface area contributed by atoms with Crippen LogP contribution in [-0.4, -0.2) is 18.5 Å². The molecule has 5 heteroatoms. The zero-order valence-electron chi connectivity index (χ0n) is 14.5. The molecule has 0 spiro atoms. The normalized spacial score (nSPS) is 14.6. The molecule has 0 saturated heterocycles. The van der Waals surface area contributed by atoms with E-state index in [0.29, 0.717) is 12.5 Å². The quantitative estimate of drug-likeness (QED) is 0.844. The van der Waals surface area contributed by atoms with Gasteiger partial charge in [0.2, 0.25) is 0 Å². The summed E-state index contributed by atoms with van der Waals surface area (Å²) >= 11 is 0. The van der Waals surface area contributed by atoms with Gasteiger partial charge in [-0.25, -0.2) is 4.39 Å². The second-order valence-electron chi connectivity index (χ2n) is 6.70. The van der Waals surface area contributed by atoms with Gasteiger partial charge in [-0.3, -0.25) is 4.79 Å². The van der Waals surface area contributed by atoms with E-state index >= 15 is 0 Å². The van der Waals surface area contributed by atoms with Gasteiger partial charge in [0.05, 0.1) is 5.56 Å². The Bertz CT molecular complexity index is 774. The lowest BCUT2D eigenvalue weighted by Crippen LogP contribution is -2.38. The van der Waals surface area contributed by atoms with Crippen LogP contribution in [0, 0.1) is 25.6 Å². The van der Waals surface area contributed by atoms with Crippen LogP contribution in [0.3, 0.4) is 0 Å². The predicted molar refractivity (Wildman–Crippen MR) is 102 cm³/mol. The van der Waals surface area contributed by atoms with Gasteiger partial charge in [0.25, 0.3) is 5.91 Å². The third-order valence-electron chi connectivity index (χ3n) is 4.78. The standard InChI is InChI=1S/C20H23FN2O.ClH/c1-12-3-4-15(9-13(12)2)16-7-8-17(18(21)10-16)20(24)23-11-19(22)14-5-6-14;/h3-4,7-10,14,19H,5-6,11,22H2,1-2H3,(H,23,24);1H. The SMILES string of the molecule is Cc1ccc(-c2ccc(C(=O)NCC(N)C3CC3)c(F)c2)cc1C.Cl. The van der Waals surface area contributed by atoms with Crippen molar-refractivity contribution in [3.8, 4) is 11.1 Å². The van der Waals surface area contributed by atoms with Crippen molar-refractivity contribution in [1.29, 1.82) is 0 Å². The average molecular weight is 363 g/mol. The molecule has 3 rings (SSSR count). The Labute approximate surface area is 154 Å². The van der Waals surface area contributed by atoms with Crippen molar-refractivity contribution < 1.29 is 9.18 Å². The molecule has 0 aliphatic heterocycles. The van der Waals surface area contributed by atoms with Gasteiger partial charge in [0, 0.05) is 12.6 Å². The van der Waals surface area contributed by atoms with Crippen molar-refractivity contribution in [1.82, 2.24) is 5.32 Å². The Hall–Kier alpha value is -1.91. The summed E-state index contributed by atoms with van der Waals surface area (Å²) in [6.45, 7) is 4.46. The first-order chi connectivity index (χ1) is 11.5. The highest BCUT2D eigenvalue weighted by molar-refractivity contribution is 5.95. The van der Waals surface area contributed by atoms with Crippen LogP contribution in [0.1, 0.15) is 34.3 Å². The first-order valence-corrected chi connectivity index (χ1v) is 8.36. The number of nitrogens with one attached hydrogen (secondary N) is 1. The van der Waals surface area contributed by atoms with Gasteiger partial charge >= 0.3 is 0 Å². The van der Waals surface area contributed by atoms with E-state index in [1.807, 2.05) is 32.0 Å². The molecule has 25 heavy (non-hydrogen) atoms. The van der Waals surface area contributed by atoms with Crippen LogP contribution in [0.15, 0.2) is 36.4 Å². The summed E-state index contributed by atoms with van der Waals surface area (Å²) in [5.74, 6) is -0.416. The Morgan fingerprint density at radius 3 is 2.40 bits per heavy atom. The highest BCUT2D eigenvalue weighted by Gasteiger charge is 2.28. The lowest BCUT2D eigenvalue weighted by molar-refractivity contribution is 0.0946. The minimum absolute atomic E-state index is 0. The number of carbonyl (C=O) groups excluding carboxylic acids is 1. The van der Waals surface area contributed by atoms with Crippen LogP contribution in [0.2, 0.25) is 0 Å². The topological polar surface area (TPSA) is 55.1 Å². The average Bonchev–Trinajstić information content (AvgIpc) is 3.39. The zero-order valence-corrected chi connectivity index (χ0v) is 15.3. The highest BCUT2D eigenvalue weighted by Crippen LogP contribution is 2.31. The summed E-state index contributed by atoms with van der Waals surface area (Å²) in [6.07, 6.45) is 2.24. The third-order valence-corrected chi connectivity index (χ3v) is 4.78. The van der Waals surface area contributed by atoms with Crippen molar-refractivity contribution in [2.24, 2.45) is 11.7 Å². The molecule has 1 aliphatic carbocycles. The Kier molecular flexibility index (Phi) is 6.20. The van der Waals surface area contributed by atoms with E-state index in [0.717, 1.165) is 29.5 Å². The number of hydrogen-bond donors (Lipinski definition) is 2. The fraction of sp³-hybridized carbons (Fsp3) is 0.350. The fourth-order valence-corrected chi connectivity index (χ4v) is 2.80. The summed E-state index contributed by atoms with van der Waals surface area (Å²) in [4.78, 5) is 12.2. The molecular weight excluding hydrogens is 339 g/mol. The van der Waals surface area contributed by atoms with Gasteiger partial charge in [-0.1, -0.05) is 24.3 Å². The van der Waals surface area contributed by atoms with E-state index in [1.165, 1.54) is 17.7 Å². The van der Waals surface area contributed by atoms with Gasteiger partial charge in [-0.05, 0) is 67.0 Å². The number of rotatable bonds is 5. The van der Waals surface area contributed by atoms with E-state index in [-0.39, 0.29) is 24.0 Å². The van der Waals surface area contributed by atoms with Gasteiger partial charge in [0.15, 0.2) is 0 Å². The number of benzene rings is 2. The Balaban J connectivity index is 0.00000225. The number of amides is 1. The summed E-state index contributed by atoms with van der Waals surface area (Å²) < 4.78 is 14.4. The highest BCUT2D eigenvalue weighted by atomic mass is 35.5. The number of hydrogen-bond acceptors (Lipinski definition) is 2. The molecule has 2 aromatic rings. The molecule has 0 aromatic heterocycles. The Morgan fingerprint density at radius 1 is 1.16 bits per heavy atom. The molecule has 1 unspecified atom stereocenters. The maximum absolute atomic E-state index is 14.4. The number of carbonyl (C=O) groups is 1. The molecule has 0 radical (unpaired) electrons. The molecule has 1 saturated carbocycles. The first-order valence-electron chi connectivity index (χ1n) is 8.36. The second-order valence-corrected chi connectivity index (χ2v) is 6.70. The smallest absolute Gasteiger partial charge is 0.254 e. The molecule has 2 aromatic carbocycles. The molecule has 1 atom stereocenters. The van der Waals surface area contributed by atoms with Crippen molar-refractivity contribution in [2.75, 3.05) is 6.54 Å². The second kappa shape index (κ2) is 7.98. The van der Waals surface area contributed by atoms with Crippen molar-refractivity contribution in [3.05, 3.63) is 58.9 Å². The molecule has 1 fully saturated rings. The largest absolute Gasteiger partial charge is 0.350 e. The third kappa shape index (κ3) is 4.59. The summed E-state index contributed by atoms with van der Waals surface area (Å²) in [5.41, 5.74) is 10.1. The molecule has 3 nitrogen and oxygen atoms in total. The van der Waals surface area contributed by atoms with Crippen LogP contribution in [-0.2, 0) is 0 Å². The minimum Gasteiger partial charge on any atom is -0.350 e. The zero-order chi connectivity index (χ0) is 17.3. The monoisotopic (exact) mass is 362 g/mol. The van der Waals surface area contributed by atoms with Gasteiger partial charge in [0.1, 0.15) is 5.82 Å². The maximum atomic E-state index is 14.4. The van der Waals surface area contributed by atoms with Gasteiger partial charge < -0.3 is 11.1 Å². The van der Waals surface area contributed by atoms with Crippen molar-refractivity contribution >= 4 is 18.3 Å². The summed E-state index contributed by atoms with van der Waals surface area (Å²) in [6, 6.07) is 10.7. The predicted octanol–water partition coefficient (Wildman–Crippen LogP) is 4.00. The fourth-order valence-electron chi connectivity index (χ4n) is 2.80. The van der Waals surface area contributed by atoms with Gasteiger partial charge in [-0.15, -0.1) is 12.4 Å². The molecule has 1 amide bonds. The molecule has 134 valence electrons. The van der Waals surface area contributed by atoms with Crippen molar-refractivity contribution in [2.45, 2.75) is 32.7 Å². The number of aryl methyl sites for hydroxylation is 2. The summed E-state index contributed by atoms with van der Waals surface area (Å²) in [5, 5.41) is 2.73.